The van der Waals surface area contributed by atoms with Gasteiger partial charge >= 0.3 is 0 Å². The molecule has 1 aliphatic heterocycles. The van der Waals surface area contributed by atoms with Crippen molar-refractivity contribution in [3.05, 3.63) is 55.0 Å². The second-order valence-corrected chi connectivity index (χ2v) is 9.15. The van der Waals surface area contributed by atoms with E-state index in [-0.39, 0.29) is 24.8 Å². The zero-order valence-electron chi connectivity index (χ0n) is 21.3. The first-order valence-corrected chi connectivity index (χ1v) is 12.5. The van der Waals surface area contributed by atoms with E-state index in [0.717, 1.165) is 43.0 Å². The molecule has 4 rings (SSSR count). The van der Waals surface area contributed by atoms with Crippen LogP contribution in [0.25, 0.3) is 5.65 Å². The van der Waals surface area contributed by atoms with E-state index in [0.29, 0.717) is 30.3 Å². The largest absolute Gasteiger partial charge is 0.381 e. The van der Waals surface area contributed by atoms with Gasteiger partial charge < -0.3 is 25.6 Å². The number of fused-ring (bicyclic) bond motifs is 1. The van der Waals surface area contributed by atoms with Crippen molar-refractivity contribution < 1.29 is 14.3 Å². The first-order valence-electron chi connectivity index (χ1n) is 12.5. The summed E-state index contributed by atoms with van der Waals surface area (Å²) in [5.74, 6) is 0.0964. The fraction of sp³-hybridized carbons (Fsp3) is 0.423. The van der Waals surface area contributed by atoms with Crippen LogP contribution in [0.1, 0.15) is 38.7 Å². The molecule has 0 saturated carbocycles. The second kappa shape index (κ2) is 12.3. The van der Waals surface area contributed by atoms with Gasteiger partial charge in [-0.1, -0.05) is 18.7 Å². The molecule has 0 spiro atoms. The molecule has 2 aromatic heterocycles. The quantitative estimate of drug-likeness (QED) is 0.339. The Bertz CT molecular complexity index is 1240. The van der Waals surface area contributed by atoms with Gasteiger partial charge in [0.2, 0.25) is 17.8 Å². The van der Waals surface area contributed by atoms with E-state index >= 15 is 0 Å². The van der Waals surface area contributed by atoms with Gasteiger partial charge in [-0.2, -0.15) is 9.61 Å². The Balaban J connectivity index is 1.42. The van der Waals surface area contributed by atoms with Crippen molar-refractivity contribution in [1.29, 1.82) is 0 Å². The standard InChI is InChI=1S/C26H34N8O3/c1-4-23(35)27-11-8-24(36)32-20-7-5-6-19(14-20)15-28-26-30-17-29-25-22(16-31-34(25)26)33(18(2)3)21-9-12-37-13-10-21/h4-7,14,16-18,21H,1,8-13,15H2,2-3H3,(H,27,35)(H,32,36)(H,28,29,30). The fourth-order valence-electron chi connectivity index (χ4n) is 4.50. The molecule has 0 unspecified atom stereocenters. The third-order valence-electron chi connectivity index (χ3n) is 6.20. The van der Waals surface area contributed by atoms with Gasteiger partial charge in [-0.25, -0.2) is 9.97 Å². The van der Waals surface area contributed by atoms with Gasteiger partial charge in [0.05, 0.1) is 6.20 Å². The van der Waals surface area contributed by atoms with Gasteiger partial charge in [0.25, 0.3) is 0 Å². The maximum Gasteiger partial charge on any atom is 0.243 e. The molecule has 3 heterocycles. The van der Waals surface area contributed by atoms with Crippen molar-refractivity contribution >= 4 is 34.8 Å². The average molecular weight is 507 g/mol. The Labute approximate surface area is 216 Å². The summed E-state index contributed by atoms with van der Waals surface area (Å²) in [6, 6.07) is 8.23. The second-order valence-electron chi connectivity index (χ2n) is 9.15. The maximum atomic E-state index is 12.2. The minimum absolute atomic E-state index is 0.171. The molecule has 1 fully saturated rings. The molecule has 3 aromatic rings. The highest BCUT2D eigenvalue weighted by Gasteiger charge is 2.27. The summed E-state index contributed by atoms with van der Waals surface area (Å²) in [4.78, 5) is 34.7. The number of ether oxygens (including phenoxy) is 1. The molecular formula is C26H34N8O3. The van der Waals surface area contributed by atoms with Crippen LogP contribution < -0.4 is 20.9 Å². The van der Waals surface area contributed by atoms with Crippen molar-refractivity contribution in [2.45, 2.75) is 51.7 Å². The normalized spacial score (nSPS) is 13.9. The Morgan fingerprint density at radius 1 is 1.27 bits per heavy atom. The Hall–Kier alpha value is -3.99. The number of carbonyl (C=O) groups excluding carboxylic acids is 2. The van der Waals surface area contributed by atoms with E-state index in [2.05, 4.69) is 56.3 Å². The van der Waals surface area contributed by atoms with Gasteiger partial charge in [-0.3, -0.25) is 9.59 Å². The van der Waals surface area contributed by atoms with E-state index in [1.165, 1.54) is 6.08 Å². The SMILES string of the molecule is C=CC(=O)NCCC(=O)Nc1cccc(CNc2ncnc3c(N(C(C)C)C4CCOCC4)cnn23)c1. The summed E-state index contributed by atoms with van der Waals surface area (Å²) in [5.41, 5.74) is 3.38. The number of nitrogens with one attached hydrogen (secondary N) is 3. The average Bonchev–Trinajstić information content (AvgIpc) is 3.32. The number of nitrogens with zero attached hydrogens (tertiary/aromatic N) is 5. The topological polar surface area (TPSA) is 126 Å². The number of rotatable bonds is 11. The van der Waals surface area contributed by atoms with Crippen LogP contribution in [0.5, 0.6) is 0 Å². The molecule has 11 nitrogen and oxygen atoms in total. The molecule has 3 N–H and O–H groups in total. The Morgan fingerprint density at radius 2 is 2.08 bits per heavy atom. The van der Waals surface area contributed by atoms with Crippen molar-refractivity contribution in [3.8, 4) is 0 Å². The van der Waals surface area contributed by atoms with Crippen molar-refractivity contribution in [2.75, 3.05) is 35.3 Å². The summed E-state index contributed by atoms with van der Waals surface area (Å²) in [5, 5.41) is 13.4. The molecule has 11 heteroatoms. The van der Waals surface area contributed by atoms with Crippen LogP contribution in [0.15, 0.2) is 49.4 Å². The Morgan fingerprint density at radius 3 is 2.84 bits per heavy atom. The Kier molecular flexibility index (Phi) is 8.68. The highest BCUT2D eigenvalue weighted by atomic mass is 16.5. The summed E-state index contributed by atoms with van der Waals surface area (Å²) >= 11 is 0. The lowest BCUT2D eigenvalue weighted by atomic mass is 10.0. The zero-order chi connectivity index (χ0) is 26.2. The highest BCUT2D eigenvalue weighted by Crippen LogP contribution is 2.29. The summed E-state index contributed by atoms with van der Waals surface area (Å²) in [6.45, 7) is 10.0. The van der Waals surface area contributed by atoms with Crippen LogP contribution in [-0.2, 0) is 20.9 Å². The first kappa shape index (κ1) is 26.1. The zero-order valence-corrected chi connectivity index (χ0v) is 21.3. The van der Waals surface area contributed by atoms with E-state index in [9.17, 15) is 9.59 Å². The van der Waals surface area contributed by atoms with Crippen LogP contribution in [-0.4, -0.2) is 63.2 Å². The van der Waals surface area contributed by atoms with Crippen LogP contribution in [0.4, 0.5) is 17.3 Å². The summed E-state index contributed by atoms with van der Waals surface area (Å²) in [7, 11) is 0. The van der Waals surface area contributed by atoms with Crippen molar-refractivity contribution in [1.82, 2.24) is 24.9 Å². The lowest BCUT2D eigenvalue weighted by Crippen LogP contribution is -2.43. The van der Waals surface area contributed by atoms with Crippen LogP contribution in [0.3, 0.4) is 0 Å². The molecule has 1 aromatic carbocycles. The molecule has 37 heavy (non-hydrogen) atoms. The van der Waals surface area contributed by atoms with Gasteiger partial charge in [-0.05, 0) is 50.5 Å². The monoisotopic (exact) mass is 506 g/mol. The van der Waals surface area contributed by atoms with Crippen LogP contribution in [0, 0.1) is 0 Å². The number of carbonyl (C=O) groups is 2. The molecule has 0 radical (unpaired) electrons. The third-order valence-corrected chi connectivity index (χ3v) is 6.20. The molecule has 1 aliphatic rings. The predicted octanol–water partition coefficient (Wildman–Crippen LogP) is 2.76. The van der Waals surface area contributed by atoms with Crippen LogP contribution in [0.2, 0.25) is 0 Å². The number of amides is 2. The number of hydrogen-bond donors (Lipinski definition) is 3. The third kappa shape index (κ3) is 6.62. The van der Waals surface area contributed by atoms with E-state index in [1.54, 1.807) is 10.8 Å². The maximum absolute atomic E-state index is 12.2. The lowest BCUT2D eigenvalue weighted by Gasteiger charge is -2.38. The molecule has 0 aliphatic carbocycles. The van der Waals surface area contributed by atoms with Crippen molar-refractivity contribution in [2.24, 2.45) is 0 Å². The first-order chi connectivity index (χ1) is 18.0. The minimum atomic E-state index is -0.301. The predicted molar refractivity (Wildman–Crippen MR) is 142 cm³/mol. The van der Waals surface area contributed by atoms with Gasteiger partial charge in [0, 0.05) is 50.5 Å². The molecule has 0 atom stereocenters. The smallest absolute Gasteiger partial charge is 0.243 e. The van der Waals surface area contributed by atoms with E-state index in [4.69, 9.17) is 4.74 Å². The van der Waals surface area contributed by atoms with Gasteiger partial charge in [-0.15, -0.1) is 0 Å². The summed E-state index contributed by atoms with van der Waals surface area (Å²) in [6.07, 6.45) is 6.70. The number of benzene rings is 1. The molecule has 1 saturated heterocycles. The van der Waals surface area contributed by atoms with E-state index < -0.39 is 0 Å². The fourth-order valence-corrected chi connectivity index (χ4v) is 4.50. The van der Waals surface area contributed by atoms with E-state index in [1.807, 2.05) is 30.5 Å². The highest BCUT2D eigenvalue weighted by molar-refractivity contribution is 5.92. The van der Waals surface area contributed by atoms with Gasteiger partial charge in [0.15, 0.2) is 5.65 Å². The molecule has 2 amide bonds. The molecular weight excluding hydrogens is 472 g/mol. The number of anilines is 3. The summed E-state index contributed by atoms with van der Waals surface area (Å²) < 4.78 is 7.29. The lowest BCUT2D eigenvalue weighted by molar-refractivity contribution is -0.117. The van der Waals surface area contributed by atoms with Gasteiger partial charge in [0.1, 0.15) is 12.0 Å². The minimum Gasteiger partial charge on any atom is -0.381 e. The van der Waals surface area contributed by atoms with Crippen molar-refractivity contribution in [3.63, 3.8) is 0 Å². The molecule has 196 valence electrons. The van der Waals surface area contributed by atoms with Crippen LogP contribution >= 0.6 is 0 Å². The number of hydrogen-bond acceptors (Lipinski definition) is 8. The number of aromatic nitrogens is 4. The molecule has 0 bridgehead atoms.